The van der Waals surface area contributed by atoms with E-state index in [-0.39, 0.29) is 5.91 Å². The first-order valence-corrected chi connectivity index (χ1v) is 12.1. The van der Waals surface area contributed by atoms with Crippen molar-refractivity contribution in [2.24, 2.45) is 4.99 Å². The molecule has 0 aliphatic carbocycles. The van der Waals surface area contributed by atoms with Crippen LogP contribution in [-0.4, -0.2) is 84.1 Å². The van der Waals surface area contributed by atoms with Gasteiger partial charge in [-0.25, -0.2) is 4.99 Å². The fraction of sp³-hybridized carbons (Fsp3) is 0.440. The number of allylic oxidation sites excluding steroid dienone is 3. The molecular weight excluding hydrogens is 457 g/mol. The summed E-state index contributed by atoms with van der Waals surface area (Å²) in [6, 6.07) is 3.53. The van der Waals surface area contributed by atoms with Gasteiger partial charge in [0.1, 0.15) is 5.82 Å². The number of aliphatic imine (C=N–C) groups is 1. The first kappa shape index (κ1) is 25.3. The third kappa shape index (κ3) is 6.19. The third-order valence-electron chi connectivity index (χ3n) is 6.24. The van der Waals surface area contributed by atoms with Crippen molar-refractivity contribution in [3.05, 3.63) is 70.1 Å². The normalized spacial score (nSPS) is 18.2. The zero-order valence-corrected chi connectivity index (χ0v) is 21.1. The van der Waals surface area contributed by atoms with Crippen molar-refractivity contribution in [2.45, 2.75) is 20.4 Å². The second-order valence-corrected chi connectivity index (χ2v) is 9.06. The number of rotatable bonds is 7. The predicted molar refractivity (Wildman–Crippen MR) is 138 cm³/mol. The minimum atomic E-state index is -0.0582. The largest absolute Gasteiger partial charge is 0.372 e. The van der Waals surface area contributed by atoms with Crippen LogP contribution in [0.5, 0.6) is 0 Å². The van der Waals surface area contributed by atoms with E-state index in [1.54, 1.807) is 18.3 Å². The zero-order valence-electron chi connectivity index (χ0n) is 19.6. The highest BCUT2D eigenvalue weighted by molar-refractivity contribution is 6.38. The maximum Gasteiger partial charge on any atom is 0.255 e. The first-order valence-electron chi connectivity index (χ1n) is 11.3. The number of carbonyl (C=O) groups excluding carboxylic acids is 1. The van der Waals surface area contributed by atoms with Gasteiger partial charge in [-0.05, 0) is 32.1 Å². The number of carbonyl (C=O) groups is 1. The van der Waals surface area contributed by atoms with Crippen LogP contribution in [0.2, 0.25) is 10.0 Å². The summed E-state index contributed by atoms with van der Waals surface area (Å²) in [5.41, 5.74) is 2.55. The number of hydrogen-bond donors (Lipinski definition) is 0. The Morgan fingerprint density at radius 1 is 1.03 bits per heavy atom. The van der Waals surface area contributed by atoms with Crippen molar-refractivity contribution < 1.29 is 4.79 Å². The summed E-state index contributed by atoms with van der Waals surface area (Å²) in [6.45, 7) is 18.6. The van der Waals surface area contributed by atoms with Crippen molar-refractivity contribution >= 4 is 35.3 Å². The van der Waals surface area contributed by atoms with Crippen LogP contribution in [0.15, 0.2) is 54.0 Å². The number of hydrogen-bond acceptors (Lipinski definition) is 5. The predicted octanol–water partition coefficient (Wildman–Crippen LogP) is 4.52. The van der Waals surface area contributed by atoms with Crippen molar-refractivity contribution in [3.8, 4) is 0 Å². The van der Waals surface area contributed by atoms with Crippen LogP contribution >= 0.6 is 23.2 Å². The highest BCUT2D eigenvalue weighted by atomic mass is 35.5. The number of benzene rings is 1. The van der Waals surface area contributed by atoms with Gasteiger partial charge in [0.15, 0.2) is 0 Å². The van der Waals surface area contributed by atoms with Gasteiger partial charge in [0.2, 0.25) is 0 Å². The molecular formula is C25H33Cl2N5O. The van der Waals surface area contributed by atoms with E-state index in [9.17, 15) is 4.79 Å². The van der Waals surface area contributed by atoms with Crippen LogP contribution in [0.1, 0.15) is 29.8 Å². The van der Waals surface area contributed by atoms with Gasteiger partial charge in [0.05, 0.1) is 10.6 Å². The van der Waals surface area contributed by atoms with E-state index >= 15 is 0 Å². The molecule has 0 spiro atoms. The van der Waals surface area contributed by atoms with Crippen LogP contribution in [-0.2, 0) is 6.54 Å². The van der Waals surface area contributed by atoms with Gasteiger partial charge in [-0.3, -0.25) is 9.69 Å². The fourth-order valence-corrected chi connectivity index (χ4v) is 4.81. The number of amides is 1. The van der Waals surface area contributed by atoms with Gasteiger partial charge in [-0.15, -0.1) is 0 Å². The molecule has 0 saturated carbocycles. The lowest BCUT2D eigenvalue weighted by Crippen LogP contribution is -2.48. The molecule has 1 aromatic carbocycles. The highest BCUT2D eigenvalue weighted by Gasteiger charge is 2.26. The topological polar surface area (TPSA) is 42.4 Å². The Morgan fingerprint density at radius 2 is 1.64 bits per heavy atom. The van der Waals surface area contributed by atoms with Crippen LogP contribution < -0.4 is 0 Å². The van der Waals surface area contributed by atoms with E-state index < -0.39 is 0 Å². The molecule has 1 amide bonds. The van der Waals surface area contributed by atoms with E-state index in [0.29, 0.717) is 48.3 Å². The second-order valence-electron chi connectivity index (χ2n) is 8.28. The lowest BCUT2D eigenvalue weighted by atomic mass is 10.1. The van der Waals surface area contributed by atoms with Gasteiger partial charge < -0.3 is 14.7 Å². The van der Waals surface area contributed by atoms with Crippen molar-refractivity contribution in [2.75, 3.05) is 52.4 Å². The lowest BCUT2D eigenvalue weighted by Gasteiger charge is -2.37. The monoisotopic (exact) mass is 489 g/mol. The maximum absolute atomic E-state index is 13.3. The van der Waals surface area contributed by atoms with Crippen LogP contribution in [0.4, 0.5) is 0 Å². The zero-order chi connectivity index (χ0) is 24.0. The summed E-state index contributed by atoms with van der Waals surface area (Å²) in [6.07, 6.45) is 5.58. The summed E-state index contributed by atoms with van der Waals surface area (Å²) in [5.74, 6) is 0.670. The average Bonchev–Trinajstić information content (AvgIpc) is 2.82. The summed E-state index contributed by atoms with van der Waals surface area (Å²) < 4.78 is 0. The Balaban J connectivity index is 1.65. The Morgan fingerprint density at radius 3 is 2.24 bits per heavy atom. The standard InChI is InChI=1S/C25H33Cl2N5O/c1-5-7-19(3)30-12-10-29(11-13-30)18-22-23(26)9-8-21(24(22)27)25(33)32-16-14-31(15-17-32)20(4)28-6-2/h5-9H,1,4,10-18H2,2-3H3/b19-7+,28-6-. The van der Waals surface area contributed by atoms with Gasteiger partial charge in [-0.1, -0.05) is 42.4 Å². The van der Waals surface area contributed by atoms with Crippen LogP contribution in [0, 0.1) is 0 Å². The van der Waals surface area contributed by atoms with E-state index in [1.807, 2.05) is 24.0 Å². The summed E-state index contributed by atoms with van der Waals surface area (Å²) in [5, 5.41) is 1.06. The minimum absolute atomic E-state index is 0.0582. The highest BCUT2D eigenvalue weighted by Crippen LogP contribution is 2.31. The van der Waals surface area contributed by atoms with Crippen LogP contribution in [0.25, 0.3) is 0 Å². The fourth-order valence-electron chi connectivity index (χ4n) is 4.23. The first-order chi connectivity index (χ1) is 15.8. The lowest BCUT2D eigenvalue weighted by molar-refractivity contribution is 0.0669. The molecule has 0 radical (unpaired) electrons. The maximum atomic E-state index is 13.3. The van der Waals surface area contributed by atoms with Gasteiger partial charge in [0, 0.05) is 81.4 Å². The van der Waals surface area contributed by atoms with Crippen molar-refractivity contribution in [3.63, 3.8) is 0 Å². The summed E-state index contributed by atoms with van der Waals surface area (Å²) in [4.78, 5) is 26.1. The molecule has 0 aromatic heterocycles. The Hall–Kier alpha value is -2.28. The molecule has 178 valence electrons. The molecule has 0 N–H and O–H groups in total. The van der Waals surface area contributed by atoms with E-state index in [4.69, 9.17) is 23.2 Å². The van der Waals surface area contributed by atoms with E-state index in [0.717, 1.165) is 37.6 Å². The molecule has 3 rings (SSSR count). The molecule has 0 unspecified atom stereocenters. The average molecular weight is 490 g/mol. The molecule has 2 aliphatic rings. The smallest absolute Gasteiger partial charge is 0.255 e. The number of piperazine rings is 2. The molecule has 6 nitrogen and oxygen atoms in total. The molecule has 0 atom stereocenters. The minimum Gasteiger partial charge on any atom is -0.372 e. The van der Waals surface area contributed by atoms with Gasteiger partial charge in [-0.2, -0.15) is 0 Å². The van der Waals surface area contributed by atoms with Crippen molar-refractivity contribution in [1.29, 1.82) is 0 Å². The molecule has 2 fully saturated rings. The molecule has 8 heteroatoms. The molecule has 2 heterocycles. The summed E-state index contributed by atoms with van der Waals surface area (Å²) >= 11 is 13.3. The Bertz CT molecular complexity index is 942. The molecule has 1 aromatic rings. The quantitative estimate of drug-likeness (QED) is 0.417. The SMILES string of the molecule is C=C/C=C(\C)N1CCN(Cc2c(Cl)ccc(C(=O)N3CCN(C(=C)/N=C\C)CC3)c2Cl)CC1. The molecule has 2 aliphatic heterocycles. The van der Waals surface area contributed by atoms with E-state index in [2.05, 4.69) is 39.8 Å². The summed E-state index contributed by atoms with van der Waals surface area (Å²) in [7, 11) is 0. The van der Waals surface area contributed by atoms with Gasteiger partial charge in [0.25, 0.3) is 5.91 Å². The Kier molecular flexibility index (Phi) is 9.01. The second kappa shape index (κ2) is 11.7. The number of nitrogens with zero attached hydrogens (tertiary/aromatic N) is 5. The molecule has 2 saturated heterocycles. The third-order valence-corrected chi connectivity index (χ3v) is 7.02. The van der Waals surface area contributed by atoms with Crippen molar-refractivity contribution in [1.82, 2.24) is 19.6 Å². The van der Waals surface area contributed by atoms with Crippen LogP contribution in [0.3, 0.4) is 0 Å². The van der Waals surface area contributed by atoms with Gasteiger partial charge >= 0.3 is 0 Å². The Labute approximate surface area is 207 Å². The number of halogens is 2. The molecule has 33 heavy (non-hydrogen) atoms. The van der Waals surface area contributed by atoms with E-state index in [1.165, 1.54) is 5.70 Å². The molecule has 0 bridgehead atoms.